The van der Waals surface area contributed by atoms with E-state index >= 15 is 0 Å². The fraction of sp³-hybridized carbons (Fsp3) is 0.667. The predicted octanol–water partition coefficient (Wildman–Crippen LogP) is 0.540. The molecule has 0 saturated carbocycles. The molecule has 22 heavy (non-hydrogen) atoms. The first-order chi connectivity index (χ1) is 10.4. The Kier molecular flexibility index (Phi) is 5.18. The minimum absolute atomic E-state index is 0.0692. The summed E-state index contributed by atoms with van der Waals surface area (Å²) in [6, 6.07) is -0.273. The van der Waals surface area contributed by atoms with Gasteiger partial charge in [-0.25, -0.2) is 0 Å². The van der Waals surface area contributed by atoms with E-state index in [0.717, 1.165) is 11.3 Å². The standard InChI is InChI=1S/C15H23N3O4/c1-10-13(12(3)22-16-10)9-14(19)18-7-5-17(6-8-18)11(2)15(20)21-4/h11H,5-9H2,1-4H3/t11-/m1/s1. The van der Waals surface area contributed by atoms with Crippen molar-refractivity contribution in [2.75, 3.05) is 33.3 Å². The predicted molar refractivity (Wildman–Crippen MR) is 79.3 cm³/mol. The molecular weight excluding hydrogens is 286 g/mol. The van der Waals surface area contributed by atoms with Crippen molar-refractivity contribution in [2.45, 2.75) is 33.2 Å². The lowest BCUT2D eigenvalue weighted by Gasteiger charge is -2.37. The number of hydrogen-bond acceptors (Lipinski definition) is 6. The molecule has 2 heterocycles. The van der Waals surface area contributed by atoms with Gasteiger partial charge in [0.2, 0.25) is 5.91 Å². The second-order valence-corrected chi connectivity index (χ2v) is 5.60. The van der Waals surface area contributed by atoms with Crippen LogP contribution in [0.1, 0.15) is 23.9 Å². The minimum Gasteiger partial charge on any atom is -0.468 e. The molecule has 122 valence electrons. The zero-order valence-electron chi connectivity index (χ0n) is 13.6. The van der Waals surface area contributed by atoms with Gasteiger partial charge < -0.3 is 14.2 Å². The Morgan fingerprint density at radius 2 is 1.91 bits per heavy atom. The summed E-state index contributed by atoms with van der Waals surface area (Å²) in [6.45, 7) is 8.06. The average molecular weight is 309 g/mol. The highest BCUT2D eigenvalue weighted by Crippen LogP contribution is 2.15. The van der Waals surface area contributed by atoms with Gasteiger partial charge in [0.15, 0.2) is 0 Å². The van der Waals surface area contributed by atoms with E-state index in [9.17, 15) is 9.59 Å². The number of aryl methyl sites for hydroxylation is 2. The fourth-order valence-electron chi connectivity index (χ4n) is 2.70. The number of ether oxygens (including phenoxy) is 1. The third kappa shape index (κ3) is 3.47. The van der Waals surface area contributed by atoms with Crippen molar-refractivity contribution >= 4 is 11.9 Å². The number of rotatable bonds is 4. The molecule has 1 aliphatic rings. The van der Waals surface area contributed by atoms with E-state index in [4.69, 9.17) is 9.26 Å². The molecule has 0 aliphatic carbocycles. The highest BCUT2D eigenvalue weighted by atomic mass is 16.5. The lowest BCUT2D eigenvalue weighted by Crippen LogP contribution is -2.53. The molecule has 0 spiro atoms. The maximum atomic E-state index is 12.4. The third-order valence-electron chi connectivity index (χ3n) is 4.27. The molecule has 1 aromatic heterocycles. The zero-order chi connectivity index (χ0) is 16.3. The van der Waals surface area contributed by atoms with Crippen molar-refractivity contribution < 1.29 is 18.8 Å². The number of methoxy groups -OCH3 is 1. The number of nitrogens with zero attached hydrogens (tertiary/aromatic N) is 3. The van der Waals surface area contributed by atoms with Crippen molar-refractivity contribution in [1.29, 1.82) is 0 Å². The lowest BCUT2D eigenvalue weighted by atomic mass is 10.1. The smallest absolute Gasteiger partial charge is 0.322 e. The summed E-state index contributed by atoms with van der Waals surface area (Å²) in [4.78, 5) is 27.8. The fourth-order valence-corrected chi connectivity index (χ4v) is 2.70. The summed E-state index contributed by atoms with van der Waals surface area (Å²) in [5.74, 6) is 0.527. The maximum absolute atomic E-state index is 12.4. The molecule has 1 saturated heterocycles. The SMILES string of the molecule is COC(=O)[C@@H](C)N1CCN(C(=O)Cc2c(C)noc2C)CC1. The van der Waals surface area contributed by atoms with Crippen LogP contribution in [0.4, 0.5) is 0 Å². The maximum Gasteiger partial charge on any atom is 0.322 e. The van der Waals surface area contributed by atoms with Gasteiger partial charge in [-0.3, -0.25) is 14.5 Å². The van der Waals surface area contributed by atoms with Gasteiger partial charge in [0, 0.05) is 31.7 Å². The minimum atomic E-state index is -0.273. The Morgan fingerprint density at radius 1 is 1.27 bits per heavy atom. The van der Waals surface area contributed by atoms with Gasteiger partial charge in [-0.2, -0.15) is 0 Å². The number of amides is 1. The summed E-state index contributed by atoms with van der Waals surface area (Å²) in [6.07, 6.45) is 0.313. The Labute approximate surface area is 130 Å². The normalized spacial score (nSPS) is 17.4. The summed E-state index contributed by atoms with van der Waals surface area (Å²) in [5.41, 5.74) is 1.64. The van der Waals surface area contributed by atoms with Crippen LogP contribution in [0.2, 0.25) is 0 Å². The molecule has 1 fully saturated rings. The van der Waals surface area contributed by atoms with Gasteiger partial charge in [-0.15, -0.1) is 0 Å². The molecule has 1 aromatic rings. The summed E-state index contributed by atoms with van der Waals surface area (Å²) >= 11 is 0. The second-order valence-electron chi connectivity index (χ2n) is 5.60. The highest BCUT2D eigenvalue weighted by Gasteiger charge is 2.28. The van der Waals surface area contributed by atoms with Gasteiger partial charge in [0.1, 0.15) is 11.8 Å². The third-order valence-corrected chi connectivity index (χ3v) is 4.27. The van der Waals surface area contributed by atoms with Crippen molar-refractivity contribution in [3.05, 3.63) is 17.0 Å². The first kappa shape index (κ1) is 16.5. The van der Waals surface area contributed by atoms with Crippen LogP contribution in [0.25, 0.3) is 0 Å². The molecular formula is C15H23N3O4. The quantitative estimate of drug-likeness (QED) is 0.756. The van der Waals surface area contributed by atoms with E-state index in [0.29, 0.717) is 38.4 Å². The van der Waals surface area contributed by atoms with Crippen LogP contribution in [-0.2, 0) is 20.7 Å². The Hall–Kier alpha value is -1.89. The van der Waals surface area contributed by atoms with Crippen molar-refractivity contribution in [3.63, 3.8) is 0 Å². The highest BCUT2D eigenvalue weighted by molar-refractivity contribution is 5.79. The van der Waals surface area contributed by atoms with E-state index in [1.165, 1.54) is 7.11 Å². The molecule has 0 aromatic carbocycles. The Morgan fingerprint density at radius 3 is 2.41 bits per heavy atom. The molecule has 0 bridgehead atoms. The molecule has 0 unspecified atom stereocenters. The molecule has 1 amide bonds. The molecule has 0 radical (unpaired) electrons. The Bertz CT molecular complexity index is 527. The summed E-state index contributed by atoms with van der Waals surface area (Å²) in [7, 11) is 1.39. The second kappa shape index (κ2) is 6.91. The van der Waals surface area contributed by atoms with E-state index in [1.54, 1.807) is 0 Å². The molecule has 2 rings (SSSR count). The van der Waals surface area contributed by atoms with Crippen LogP contribution in [0.15, 0.2) is 4.52 Å². The van der Waals surface area contributed by atoms with E-state index < -0.39 is 0 Å². The number of aromatic nitrogens is 1. The largest absolute Gasteiger partial charge is 0.468 e. The zero-order valence-corrected chi connectivity index (χ0v) is 13.6. The number of hydrogen-bond donors (Lipinski definition) is 0. The number of piperazine rings is 1. The first-order valence-electron chi connectivity index (χ1n) is 7.45. The van der Waals surface area contributed by atoms with Crippen molar-refractivity contribution in [2.24, 2.45) is 0 Å². The topological polar surface area (TPSA) is 75.9 Å². The van der Waals surface area contributed by atoms with Gasteiger partial charge >= 0.3 is 5.97 Å². The molecule has 0 N–H and O–H groups in total. The molecule has 1 atom stereocenters. The summed E-state index contributed by atoms with van der Waals surface area (Å²) < 4.78 is 9.85. The van der Waals surface area contributed by atoms with Gasteiger partial charge in [-0.1, -0.05) is 5.16 Å². The van der Waals surface area contributed by atoms with Crippen LogP contribution in [-0.4, -0.2) is 66.2 Å². The van der Waals surface area contributed by atoms with Gasteiger partial charge in [0.25, 0.3) is 0 Å². The van der Waals surface area contributed by atoms with Gasteiger partial charge in [0.05, 0.1) is 19.2 Å². The monoisotopic (exact) mass is 309 g/mol. The number of carbonyl (C=O) groups excluding carboxylic acids is 2. The average Bonchev–Trinajstić information content (AvgIpc) is 2.85. The van der Waals surface area contributed by atoms with Crippen LogP contribution in [0.3, 0.4) is 0 Å². The molecule has 7 heteroatoms. The van der Waals surface area contributed by atoms with Crippen molar-refractivity contribution in [3.8, 4) is 0 Å². The van der Waals surface area contributed by atoms with Crippen LogP contribution in [0, 0.1) is 13.8 Å². The van der Waals surface area contributed by atoms with Crippen LogP contribution >= 0.6 is 0 Å². The van der Waals surface area contributed by atoms with Crippen LogP contribution < -0.4 is 0 Å². The van der Waals surface area contributed by atoms with E-state index in [-0.39, 0.29) is 17.9 Å². The molecule has 1 aliphatic heterocycles. The van der Waals surface area contributed by atoms with Gasteiger partial charge in [-0.05, 0) is 20.8 Å². The van der Waals surface area contributed by atoms with Crippen LogP contribution in [0.5, 0.6) is 0 Å². The van der Waals surface area contributed by atoms with Crippen molar-refractivity contribution in [1.82, 2.24) is 15.0 Å². The summed E-state index contributed by atoms with van der Waals surface area (Å²) in [5, 5.41) is 3.87. The molecule has 7 nitrogen and oxygen atoms in total. The van der Waals surface area contributed by atoms with E-state index in [1.807, 2.05) is 30.6 Å². The Balaban J connectivity index is 1.89. The number of carbonyl (C=O) groups is 2. The first-order valence-corrected chi connectivity index (χ1v) is 7.45. The lowest BCUT2D eigenvalue weighted by molar-refractivity contribution is -0.147. The van der Waals surface area contributed by atoms with E-state index in [2.05, 4.69) is 5.16 Å². The number of esters is 1.